The van der Waals surface area contributed by atoms with Crippen LogP contribution in [-0.4, -0.2) is 38.5 Å². The topological polar surface area (TPSA) is 90.9 Å². The normalized spacial score (nSPS) is 19.8. The number of nitrogens with one attached hydrogen (secondary N) is 1. The number of benzene rings is 1. The van der Waals surface area contributed by atoms with E-state index in [9.17, 15) is 17.6 Å². The van der Waals surface area contributed by atoms with Crippen molar-refractivity contribution in [3.8, 4) is 11.5 Å². The molecule has 1 amide bonds. The molecule has 2 rings (SSSR count). The van der Waals surface area contributed by atoms with Gasteiger partial charge in [-0.15, -0.1) is 0 Å². The highest BCUT2D eigenvalue weighted by Crippen LogP contribution is 2.43. The SMILES string of the molecule is CC(C)(C)OC(=O)NCC1(C)Cc2cc(F)cc(OS(C)(=O)=O)c2O1. The van der Waals surface area contributed by atoms with E-state index in [0.717, 1.165) is 12.3 Å². The first-order valence-electron chi connectivity index (χ1n) is 7.64. The molecule has 1 aliphatic heterocycles. The smallest absolute Gasteiger partial charge is 0.407 e. The lowest BCUT2D eigenvalue weighted by Gasteiger charge is -2.26. The van der Waals surface area contributed by atoms with Crippen molar-refractivity contribution < 1.29 is 31.3 Å². The van der Waals surface area contributed by atoms with Crippen molar-refractivity contribution in [1.82, 2.24) is 5.32 Å². The quantitative estimate of drug-likeness (QED) is 0.813. The van der Waals surface area contributed by atoms with Crippen molar-refractivity contribution in [3.05, 3.63) is 23.5 Å². The number of alkyl carbamates (subject to hydrolysis) is 1. The Labute approximate surface area is 146 Å². The number of hydrogen-bond donors (Lipinski definition) is 1. The second-order valence-corrected chi connectivity index (χ2v) is 8.84. The maximum atomic E-state index is 13.7. The lowest BCUT2D eigenvalue weighted by molar-refractivity contribution is 0.0447. The summed E-state index contributed by atoms with van der Waals surface area (Å²) in [5.74, 6) is -0.691. The van der Waals surface area contributed by atoms with E-state index in [0.29, 0.717) is 5.56 Å². The van der Waals surface area contributed by atoms with Crippen LogP contribution in [0.3, 0.4) is 0 Å². The molecule has 1 N–H and O–H groups in total. The molecule has 1 aromatic rings. The van der Waals surface area contributed by atoms with E-state index in [1.807, 2.05) is 0 Å². The molecule has 0 fully saturated rings. The molecule has 140 valence electrons. The largest absolute Gasteiger partial charge is 0.481 e. The summed E-state index contributed by atoms with van der Waals surface area (Å²) in [5, 5.41) is 2.60. The molecular formula is C16H22FNO6S. The van der Waals surface area contributed by atoms with Crippen molar-refractivity contribution in [1.29, 1.82) is 0 Å². The lowest BCUT2D eigenvalue weighted by atomic mass is 9.99. The second-order valence-electron chi connectivity index (χ2n) is 7.26. The van der Waals surface area contributed by atoms with Crippen LogP contribution in [0.1, 0.15) is 33.3 Å². The van der Waals surface area contributed by atoms with E-state index in [1.165, 1.54) is 6.07 Å². The third kappa shape index (κ3) is 5.48. The Balaban J connectivity index is 2.14. The Morgan fingerprint density at radius 2 is 2.04 bits per heavy atom. The number of ether oxygens (including phenoxy) is 2. The van der Waals surface area contributed by atoms with Gasteiger partial charge in [0.1, 0.15) is 17.0 Å². The van der Waals surface area contributed by atoms with E-state index in [1.54, 1.807) is 27.7 Å². The van der Waals surface area contributed by atoms with Gasteiger partial charge in [0.2, 0.25) is 0 Å². The number of carbonyl (C=O) groups excluding carboxylic acids is 1. The number of fused-ring (bicyclic) bond motifs is 1. The first-order chi connectivity index (χ1) is 11.3. The molecule has 9 heteroatoms. The van der Waals surface area contributed by atoms with Crippen LogP contribution in [0.5, 0.6) is 11.5 Å². The molecule has 1 heterocycles. The molecule has 1 atom stereocenters. The van der Waals surface area contributed by atoms with Crippen molar-refractivity contribution in [3.63, 3.8) is 0 Å². The number of hydrogen-bond acceptors (Lipinski definition) is 6. The molecule has 0 bridgehead atoms. The average Bonchev–Trinajstić information content (AvgIpc) is 2.70. The number of rotatable bonds is 4. The van der Waals surface area contributed by atoms with Gasteiger partial charge in [0.25, 0.3) is 0 Å². The predicted molar refractivity (Wildman–Crippen MR) is 88.8 cm³/mol. The highest BCUT2D eigenvalue weighted by atomic mass is 32.2. The van der Waals surface area contributed by atoms with Crippen molar-refractivity contribution in [2.75, 3.05) is 12.8 Å². The highest BCUT2D eigenvalue weighted by Gasteiger charge is 2.38. The van der Waals surface area contributed by atoms with Gasteiger partial charge in [0.05, 0.1) is 12.8 Å². The number of halogens is 1. The van der Waals surface area contributed by atoms with Crippen LogP contribution in [0.15, 0.2) is 12.1 Å². The molecule has 0 saturated heterocycles. The molecule has 25 heavy (non-hydrogen) atoms. The van der Waals surface area contributed by atoms with Gasteiger partial charge in [-0.25, -0.2) is 9.18 Å². The molecule has 1 unspecified atom stereocenters. The van der Waals surface area contributed by atoms with Gasteiger partial charge in [-0.2, -0.15) is 8.42 Å². The predicted octanol–water partition coefficient (Wildman–Crippen LogP) is 2.38. The summed E-state index contributed by atoms with van der Waals surface area (Å²) in [4.78, 5) is 11.8. The first kappa shape index (κ1) is 19.3. The van der Waals surface area contributed by atoms with Crippen LogP contribution in [-0.2, 0) is 21.3 Å². The fraction of sp³-hybridized carbons (Fsp3) is 0.562. The maximum absolute atomic E-state index is 13.7. The molecular weight excluding hydrogens is 353 g/mol. The molecule has 0 radical (unpaired) electrons. The van der Waals surface area contributed by atoms with E-state index >= 15 is 0 Å². The fourth-order valence-corrected chi connectivity index (χ4v) is 2.90. The Morgan fingerprint density at radius 1 is 1.40 bits per heavy atom. The Bertz CT molecular complexity index is 787. The van der Waals surface area contributed by atoms with Crippen molar-refractivity contribution in [2.45, 2.75) is 45.3 Å². The van der Waals surface area contributed by atoms with Crippen molar-refractivity contribution in [2.24, 2.45) is 0 Å². The van der Waals surface area contributed by atoms with Gasteiger partial charge < -0.3 is 19.0 Å². The van der Waals surface area contributed by atoms with E-state index in [4.69, 9.17) is 13.7 Å². The summed E-state index contributed by atoms with van der Waals surface area (Å²) in [5.41, 5.74) is -1.06. The summed E-state index contributed by atoms with van der Waals surface area (Å²) >= 11 is 0. The minimum atomic E-state index is -3.84. The third-order valence-corrected chi connectivity index (χ3v) is 3.74. The Morgan fingerprint density at radius 3 is 2.60 bits per heavy atom. The van der Waals surface area contributed by atoms with Crippen molar-refractivity contribution >= 4 is 16.2 Å². The standard InChI is InChI=1S/C16H22FNO6S/c1-15(2,3)23-14(19)18-9-16(4)8-10-6-11(17)7-12(13(10)22-16)24-25(5,20)21/h6-7H,8-9H2,1-5H3,(H,18,19). The third-order valence-electron chi connectivity index (χ3n) is 3.26. The number of carbonyl (C=O) groups is 1. The first-order valence-corrected chi connectivity index (χ1v) is 9.46. The van der Waals surface area contributed by atoms with Crippen LogP contribution in [0.2, 0.25) is 0 Å². The molecule has 0 aliphatic carbocycles. The summed E-state index contributed by atoms with van der Waals surface area (Å²) in [6.07, 6.45) is 0.533. The zero-order valence-electron chi connectivity index (χ0n) is 14.8. The lowest BCUT2D eigenvalue weighted by Crippen LogP contribution is -2.45. The van der Waals surface area contributed by atoms with E-state index in [-0.39, 0.29) is 24.5 Å². The Hall–Kier alpha value is -2.03. The van der Waals surface area contributed by atoms with Crippen LogP contribution in [0, 0.1) is 5.82 Å². The molecule has 1 aliphatic rings. The highest BCUT2D eigenvalue weighted by molar-refractivity contribution is 7.86. The summed E-state index contributed by atoms with van der Waals surface area (Å²) in [6.45, 7) is 7.04. The molecule has 0 aromatic heterocycles. The van der Waals surface area contributed by atoms with Gasteiger partial charge in [-0.05, 0) is 33.8 Å². The second kappa shape index (κ2) is 6.36. The minimum Gasteiger partial charge on any atom is -0.481 e. The van der Waals surface area contributed by atoms with Crippen LogP contribution in [0.4, 0.5) is 9.18 Å². The monoisotopic (exact) mass is 375 g/mol. The molecule has 0 spiro atoms. The van der Waals surface area contributed by atoms with E-state index in [2.05, 4.69) is 5.32 Å². The van der Waals surface area contributed by atoms with Crippen LogP contribution in [0.25, 0.3) is 0 Å². The Kier molecular flexibility index (Phi) is 4.91. The maximum Gasteiger partial charge on any atom is 0.407 e. The minimum absolute atomic E-state index is 0.0938. The van der Waals surface area contributed by atoms with Gasteiger partial charge in [0.15, 0.2) is 11.5 Å². The zero-order valence-corrected chi connectivity index (χ0v) is 15.6. The fourth-order valence-electron chi connectivity index (χ4n) is 2.45. The van der Waals surface area contributed by atoms with Gasteiger partial charge in [-0.3, -0.25) is 0 Å². The molecule has 0 saturated carbocycles. The molecule has 7 nitrogen and oxygen atoms in total. The van der Waals surface area contributed by atoms with Crippen LogP contribution < -0.4 is 14.2 Å². The summed E-state index contributed by atoms with van der Waals surface area (Å²) in [6, 6.07) is 2.20. The number of amides is 1. The van der Waals surface area contributed by atoms with Gasteiger partial charge >= 0.3 is 16.2 Å². The van der Waals surface area contributed by atoms with E-state index < -0.39 is 33.2 Å². The summed E-state index contributed by atoms with van der Waals surface area (Å²) in [7, 11) is -3.84. The van der Waals surface area contributed by atoms with Gasteiger partial charge in [-0.1, -0.05) is 0 Å². The zero-order chi connectivity index (χ0) is 19.0. The summed E-state index contributed by atoms with van der Waals surface area (Å²) < 4.78 is 52.2. The molecule has 1 aromatic carbocycles. The van der Waals surface area contributed by atoms with Crippen LogP contribution >= 0.6 is 0 Å². The van der Waals surface area contributed by atoms with Gasteiger partial charge in [0, 0.05) is 18.1 Å². The average molecular weight is 375 g/mol.